The van der Waals surface area contributed by atoms with Gasteiger partial charge in [0.1, 0.15) is 32.8 Å². The Kier molecular flexibility index (Phi) is 4.22. The maximum absolute atomic E-state index is 11.5. The van der Waals surface area contributed by atoms with E-state index in [2.05, 4.69) is 0 Å². The Balaban J connectivity index is 2.50. The standard InChI is InChI=1S/C12H19N3O7/c16-7-12(8-17,9-18)13-5-10(14(19)20)2-1-3-11(4-10,6-13)15(21)22/h1-2,16-18H,3-9H2/p+1/t10-,11+/m1/s1. The number of fused-ring (bicyclic) bond motifs is 2. The predicted octanol–water partition coefficient (Wildman–Crippen LogP) is -3.02. The predicted molar refractivity (Wildman–Crippen MR) is 72.5 cm³/mol. The molecule has 22 heavy (non-hydrogen) atoms. The summed E-state index contributed by atoms with van der Waals surface area (Å²) in [6.45, 7) is -2.10. The molecule has 2 rings (SSSR count). The molecule has 1 fully saturated rings. The van der Waals surface area contributed by atoms with Gasteiger partial charge < -0.3 is 20.2 Å². The van der Waals surface area contributed by atoms with E-state index in [0.29, 0.717) is 0 Å². The van der Waals surface area contributed by atoms with Crippen molar-refractivity contribution in [2.75, 3.05) is 32.9 Å². The van der Waals surface area contributed by atoms with Gasteiger partial charge in [0.05, 0.1) is 0 Å². The summed E-state index contributed by atoms with van der Waals surface area (Å²) in [6.07, 6.45) is 2.66. The zero-order valence-electron chi connectivity index (χ0n) is 12.0. The zero-order chi connectivity index (χ0) is 16.6. The molecule has 1 saturated heterocycles. The topological polar surface area (TPSA) is 151 Å². The van der Waals surface area contributed by atoms with Crippen LogP contribution in [-0.2, 0) is 0 Å². The third kappa shape index (κ3) is 2.28. The van der Waals surface area contributed by atoms with Crippen molar-refractivity contribution in [1.82, 2.24) is 0 Å². The number of nitrogens with one attached hydrogen (secondary N) is 1. The van der Waals surface area contributed by atoms with Gasteiger partial charge in [-0.15, -0.1) is 0 Å². The Labute approximate surface area is 126 Å². The van der Waals surface area contributed by atoms with Crippen molar-refractivity contribution < 1.29 is 30.1 Å². The number of hydrogen-bond acceptors (Lipinski definition) is 7. The van der Waals surface area contributed by atoms with Crippen LogP contribution in [0, 0.1) is 20.2 Å². The highest BCUT2D eigenvalue weighted by atomic mass is 16.6. The minimum atomic E-state index is -1.62. The van der Waals surface area contributed by atoms with Gasteiger partial charge in [-0.05, 0) is 6.08 Å². The minimum absolute atomic E-state index is 0.0530. The normalized spacial score (nSPS) is 34.4. The van der Waals surface area contributed by atoms with E-state index in [0.717, 1.165) is 0 Å². The number of piperidine rings is 1. The molecule has 3 atom stereocenters. The molecule has 0 spiro atoms. The van der Waals surface area contributed by atoms with Gasteiger partial charge in [0, 0.05) is 16.3 Å². The lowest BCUT2D eigenvalue weighted by Crippen LogP contribution is -3.26. The van der Waals surface area contributed by atoms with Crippen molar-refractivity contribution in [1.29, 1.82) is 0 Å². The van der Waals surface area contributed by atoms with Gasteiger partial charge in [0.25, 0.3) is 11.1 Å². The number of nitro groups is 2. The van der Waals surface area contributed by atoms with E-state index in [-0.39, 0.29) is 30.8 Å². The van der Waals surface area contributed by atoms with Crippen molar-refractivity contribution in [2.24, 2.45) is 0 Å². The molecule has 2 aliphatic rings. The molecule has 0 aromatic carbocycles. The van der Waals surface area contributed by atoms with Crippen molar-refractivity contribution in [2.45, 2.75) is 29.5 Å². The molecule has 2 bridgehead atoms. The number of aliphatic hydroxyl groups excluding tert-OH is 3. The third-order valence-corrected chi connectivity index (χ3v) is 5.03. The Morgan fingerprint density at radius 2 is 1.68 bits per heavy atom. The second kappa shape index (κ2) is 5.54. The van der Waals surface area contributed by atoms with E-state index < -0.39 is 46.3 Å². The smallest absolute Gasteiger partial charge is 0.294 e. The lowest BCUT2D eigenvalue weighted by molar-refractivity contribution is -0.989. The Hall–Kier alpha value is -1.62. The second-order valence-electron chi connectivity index (χ2n) is 6.34. The maximum Gasteiger partial charge on any atom is 0.294 e. The molecule has 10 heteroatoms. The van der Waals surface area contributed by atoms with Crippen LogP contribution in [0.2, 0.25) is 0 Å². The first-order chi connectivity index (χ1) is 10.3. The van der Waals surface area contributed by atoms with Crippen LogP contribution in [0.4, 0.5) is 0 Å². The van der Waals surface area contributed by atoms with Crippen LogP contribution < -0.4 is 4.90 Å². The number of rotatable bonds is 6. The van der Waals surface area contributed by atoms with Crippen molar-refractivity contribution in [3.05, 3.63) is 32.4 Å². The summed E-state index contributed by atoms with van der Waals surface area (Å²) in [5, 5.41) is 51.7. The Morgan fingerprint density at radius 1 is 1.09 bits per heavy atom. The highest BCUT2D eigenvalue weighted by Crippen LogP contribution is 2.36. The molecule has 0 aromatic rings. The van der Waals surface area contributed by atoms with Crippen LogP contribution in [0.5, 0.6) is 0 Å². The summed E-state index contributed by atoms with van der Waals surface area (Å²) in [4.78, 5) is 22.3. The summed E-state index contributed by atoms with van der Waals surface area (Å²) in [5.74, 6) is 0. The zero-order valence-corrected chi connectivity index (χ0v) is 12.0. The van der Waals surface area contributed by atoms with Gasteiger partial charge in [-0.1, -0.05) is 6.08 Å². The molecule has 0 radical (unpaired) electrons. The molecule has 4 N–H and O–H groups in total. The number of aliphatic hydroxyl groups is 3. The second-order valence-corrected chi connectivity index (χ2v) is 6.34. The van der Waals surface area contributed by atoms with Crippen LogP contribution >= 0.6 is 0 Å². The summed E-state index contributed by atoms with van der Waals surface area (Å²) >= 11 is 0. The highest BCUT2D eigenvalue weighted by molar-refractivity contribution is 5.14. The van der Waals surface area contributed by atoms with Crippen LogP contribution in [0.1, 0.15) is 12.8 Å². The number of likely N-dealkylation sites (tertiary alicyclic amines) is 1. The SMILES string of the molecule is O=[N+]([O-])[C@@]12C=CC[C@@]([N+](=O)[O-])(C[NH+](C(CO)(CO)CO)C1)C2. The highest BCUT2D eigenvalue weighted by Gasteiger charge is 2.67. The van der Waals surface area contributed by atoms with Crippen molar-refractivity contribution in [3.63, 3.8) is 0 Å². The van der Waals surface area contributed by atoms with Gasteiger partial charge >= 0.3 is 0 Å². The van der Waals surface area contributed by atoms with Crippen LogP contribution in [0.15, 0.2) is 12.2 Å². The first kappa shape index (κ1) is 16.7. The Bertz CT molecular complexity index is 499. The lowest BCUT2D eigenvalue weighted by atomic mass is 9.71. The van der Waals surface area contributed by atoms with Gasteiger partial charge in [0.2, 0.25) is 0 Å². The monoisotopic (exact) mass is 318 g/mol. The Morgan fingerprint density at radius 3 is 2.14 bits per heavy atom. The molecule has 0 aromatic heterocycles. The summed E-state index contributed by atoms with van der Waals surface area (Å²) < 4.78 is 0. The fraction of sp³-hybridized carbons (Fsp3) is 0.833. The van der Waals surface area contributed by atoms with Gasteiger partial charge in [-0.3, -0.25) is 20.2 Å². The lowest BCUT2D eigenvalue weighted by Gasteiger charge is -2.47. The fourth-order valence-corrected chi connectivity index (χ4v) is 3.54. The molecule has 1 heterocycles. The van der Waals surface area contributed by atoms with E-state index >= 15 is 0 Å². The van der Waals surface area contributed by atoms with Crippen molar-refractivity contribution in [3.8, 4) is 0 Å². The van der Waals surface area contributed by atoms with Crippen molar-refractivity contribution >= 4 is 0 Å². The summed E-state index contributed by atoms with van der Waals surface area (Å²) in [6, 6.07) is 0. The third-order valence-electron chi connectivity index (χ3n) is 5.03. The number of nitrogens with zero attached hydrogens (tertiary/aromatic N) is 2. The summed E-state index contributed by atoms with van der Waals surface area (Å²) in [5.41, 5.74) is -4.60. The van der Waals surface area contributed by atoms with E-state index in [1.54, 1.807) is 0 Å². The van der Waals surface area contributed by atoms with Gasteiger partial charge in [-0.25, -0.2) is 0 Å². The fourth-order valence-electron chi connectivity index (χ4n) is 3.54. The van der Waals surface area contributed by atoms with Gasteiger partial charge in [-0.2, -0.15) is 0 Å². The van der Waals surface area contributed by atoms with E-state index in [1.807, 2.05) is 0 Å². The first-order valence-electron chi connectivity index (χ1n) is 6.94. The van der Waals surface area contributed by atoms with E-state index in [1.165, 1.54) is 12.2 Å². The quantitative estimate of drug-likeness (QED) is 0.231. The summed E-state index contributed by atoms with van der Waals surface area (Å²) in [7, 11) is 0. The molecule has 10 nitrogen and oxygen atoms in total. The maximum atomic E-state index is 11.5. The molecule has 1 aliphatic heterocycles. The molecule has 1 aliphatic carbocycles. The average molecular weight is 318 g/mol. The largest absolute Gasteiger partial charge is 0.390 e. The number of hydrogen-bond donors (Lipinski definition) is 4. The number of quaternary nitrogens is 1. The average Bonchev–Trinajstić information content (AvgIpc) is 2.49. The molecule has 0 amide bonds. The van der Waals surface area contributed by atoms with Crippen LogP contribution in [-0.4, -0.2) is 74.7 Å². The van der Waals surface area contributed by atoms with Crippen LogP contribution in [0.25, 0.3) is 0 Å². The molecular formula is C12H20N3O7+. The molecular weight excluding hydrogens is 298 g/mol. The van der Waals surface area contributed by atoms with Crippen LogP contribution in [0.3, 0.4) is 0 Å². The minimum Gasteiger partial charge on any atom is -0.390 e. The van der Waals surface area contributed by atoms with Gasteiger partial charge in [0.15, 0.2) is 12.1 Å². The van der Waals surface area contributed by atoms with E-state index in [4.69, 9.17) is 0 Å². The molecule has 124 valence electrons. The molecule has 1 unspecified atom stereocenters. The molecule has 0 saturated carbocycles. The van der Waals surface area contributed by atoms with E-state index in [9.17, 15) is 35.5 Å². The first-order valence-corrected chi connectivity index (χ1v) is 6.94.